The van der Waals surface area contributed by atoms with Crippen LogP contribution in [0.5, 0.6) is 5.75 Å². The van der Waals surface area contributed by atoms with Crippen LogP contribution in [0.3, 0.4) is 0 Å². The van der Waals surface area contributed by atoms with Gasteiger partial charge in [0.15, 0.2) is 0 Å². The molecule has 1 aromatic carbocycles. The summed E-state index contributed by atoms with van der Waals surface area (Å²) in [6, 6.07) is 4.20. The smallest absolute Gasteiger partial charge is 0.244 e. The monoisotopic (exact) mass is 288 g/mol. The van der Waals surface area contributed by atoms with Gasteiger partial charge in [-0.3, -0.25) is 4.79 Å². The second-order valence-electron chi connectivity index (χ2n) is 4.66. The summed E-state index contributed by atoms with van der Waals surface area (Å²) in [5.41, 5.74) is 5.25. The van der Waals surface area contributed by atoms with E-state index in [2.05, 4.69) is 5.32 Å². The molecule has 0 aliphatic heterocycles. The van der Waals surface area contributed by atoms with E-state index in [1.54, 1.807) is 0 Å². The Bertz CT molecular complexity index is 462. The molecule has 0 heterocycles. The summed E-state index contributed by atoms with van der Waals surface area (Å²) in [5.74, 6) is -0.331. The Morgan fingerprint density at radius 2 is 2.05 bits per heavy atom. The molecule has 0 radical (unpaired) electrons. The number of nitrogens with two attached hydrogens (primary N) is 1. The average molecular weight is 289 g/mol. The summed E-state index contributed by atoms with van der Waals surface area (Å²) < 4.78 is 18.6. The average Bonchev–Trinajstić information content (AvgIpc) is 2.80. The number of amides is 1. The Morgan fingerprint density at radius 1 is 1.42 bits per heavy atom. The van der Waals surface area contributed by atoms with Crippen molar-refractivity contribution in [1.82, 2.24) is 0 Å². The lowest BCUT2D eigenvalue weighted by molar-refractivity contribution is -0.121. The van der Waals surface area contributed by atoms with Gasteiger partial charge in [-0.2, -0.15) is 0 Å². The van der Waals surface area contributed by atoms with E-state index in [1.165, 1.54) is 25.3 Å². The van der Waals surface area contributed by atoms with Gasteiger partial charge in [0.25, 0.3) is 0 Å². The van der Waals surface area contributed by atoms with Gasteiger partial charge >= 0.3 is 0 Å². The molecule has 1 aromatic rings. The quantitative estimate of drug-likeness (QED) is 0.898. The SMILES string of the molecule is COc1ccc(F)c(NC(=O)C2(N)CCCC2)c1.Cl. The molecular formula is C13H18ClFN2O2. The molecule has 0 atom stereocenters. The molecule has 0 aromatic heterocycles. The highest BCUT2D eigenvalue weighted by atomic mass is 35.5. The summed E-state index contributed by atoms with van der Waals surface area (Å²) in [4.78, 5) is 12.0. The maximum Gasteiger partial charge on any atom is 0.244 e. The molecule has 0 bridgehead atoms. The number of ether oxygens (including phenoxy) is 1. The van der Waals surface area contributed by atoms with Crippen LogP contribution in [0.2, 0.25) is 0 Å². The number of methoxy groups -OCH3 is 1. The van der Waals surface area contributed by atoms with Crippen molar-refractivity contribution in [3.8, 4) is 5.75 Å². The van der Waals surface area contributed by atoms with Crippen molar-refractivity contribution in [2.24, 2.45) is 5.73 Å². The van der Waals surface area contributed by atoms with Crippen molar-refractivity contribution in [3.63, 3.8) is 0 Å². The fourth-order valence-corrected chi connectivity index (χ4v) is 2.21. The van der Waals surface area contributed by atoms with Gasteiger partial charge in [-0.1, -0.05) is 12.8 Å². The summed E-state index contributed by atoms with van der Waals surface area (Å²) in [6.45, 7) is 0. The minimum absolute atomic E-state index is 0. The normalized spacial score (nSPS) is 16.6. The minimum Gasteiger partial charge on any atom is -0.497 e. The lowest BCUT2D eigenvalue weighted by Crippen LogP contribution is -2.48. The molecule has 6 heteroatoms. The Balaban J connectivity index is 0.00000180. The lowest BCUT2D eigenvalue weighted by atomic mass is 9.98. The molecule has 0 spiro atoms. The minimum atomic E-state index is -0.866. The standard InChI is InChI=1S/C13H17FN2O2.ClH/c1-18-9-4-5-10(14)11(8-9)16-12(17)13(15)6-2-3-7-13;/h4-5,8H,2-3,6-7,15H2,1H3,(H,16,17);1H. The predicted octanol–water partition coefficient (Wildman–Crippen LogP) is 2.47. The zero-order valence-electron chi connectivity index (χ0n) is 10.7. The van der Waals surface area contributed by atoms with Crippen LogP contribution in [0.4, 0.5) is 10.1 Å². The molecule has 1 fully saturated rings. The molecule has 4 nitrogen and oxygen atoms in total. The van der Waals surface area contributed by atoms with Crippen LogP contribution in [0.1, 0.15) is 25.7 Å². The van der Waals surface area contributed by atoms with Crippen LogP contribution in [-0.4, -0.2) is 18.6 Å². The van der Waals surface area contributed by atoms with Gasteiger partial charge in [0.2, 0.25) is 5.91 Å². The van der Waals surface area contributed by atoms with Gasteiger partial charge < -0.3 is 15.8 Å². The van der Waals surface area contributed by atoms with Crippen LogP contribution in [-0.2, 0) is 4.79 Å². The van der Waals surface area contributed by atoms with E-state index in [1.807, 2.05) is 0 Å². The number of halogens is 2. The van der Waals surface area contributed by atoms with Gasteiger partial charge in [-0.15, -0.1) is 12.4 Å². The van der Waals surface area contributed by atoms with E-state index in [-0.39, 0.29) is 24.0 Å². The van der Waals surface area contributed by atoms with Gasteiger partial charge in [-0.05, 0) is 25.0 Å². The molecule has 2 rings (SSSR count). The summed E-state index contributed by atoms with van der Waals surface area (Å²) in [5, 5.41) is 2.55. The van der Waals surface area contributed by atoms with E-state index < -0.39 is 11.4 Å². The van der Waals surface area contributed by atoms with Crippen molar-refractivity contribution < 1.29 is 13.9 Å². The first-order chi connectivity index (χ1) is 8.55. The molecule has 106 valence electrons. The zero-order valence-corrected chi connectivity index (χ0v) is 11.6. The molecule has 1 aliphatic rings. The molecule has 0 saturated heterocycles. The largest absolute Gasteiger partial charge is 0.497 e. The van der Waals surface area contributed by atoms with Crippen molar-refractivity contribution in [3.05, 3.63) is 24.0 Å². The van der Waals surface area contributed by atoms with E-state index in [9.17, 15) is 9.18 Å². The number of carbonyl (C=O) groups is 1. The van der Waals surface area contributed by atoms with Gasteiger partial charge in [0.1, 0.15) is 11.6 Å². The molecule has 1 aliphatic carbocycles. The number of anilines is 1. The van der Waals surface area contributed by atoms with Crippen molar-refractivity contribution in [2.75, 3.05) is 12.4 Å². The molecular weight excluding hydrogens is 271 g/mol. The first-order valence-electron chi connectivity index (χ1n) is 5.99. The fraction of sp³-hybridized carbons (Fsp3) is 0.462. The number of hydrogen-bond donors (Lipinski definition) is 2. The Kier molecular flexibility index (Phi) is 5.14. The van der Waals surface area contributed by atoms with Crippen LogP contribution < -0.4 is 15.8 Å². The van der Waals surface area contributed by atoms with Crippen molar-refractivity contribution in [2.45, 2.75) is 31.2 Å². The highest BCUT2D eigenvalue weighted by Gasteiger charge is 2.37. The van der Waals surface area contributed by atoms with E-state index in [4.69, 9.17) is 10.5 Å². The molecule has 1 saturated carbocycles. The summed E-state index contributed by atoms with van der Waals surface area (Å²) in [6.07, 6.45) is 3.16. The number of rotatable bonds is 3. The van der Waals surface area contributed by atoms with Crippen LogP contribution >= 0.6 is 12.4 Å². The van der Waals surface area contributed by atoms with Gasteiger partial charge in [-0.25, -0.2) is 4.39 Å². The van der Waals surface area contributed by atoms with Crippen LogP contribution in [0.25, 0.3) is 0 Å². The third-order valence-corrected chi connectivity index (χ3v) is 3.37. The summed E-state index contributed by atoms with van der Waals surface area (Å²) >= 11 is 0. The summed E-state index contributed by atoms with van der Waals surface area (Å²) in [7, 11) is 1.49. The highest BCUT2D eigenvalue weighted by molar-refractivity contribution is 5.98. The highest BCUT2D eigenvalue weighted by Crippen LogP contribution is 2.29. The van der Waals surface area contributed by atoms with E-state index >= 15 is 0 Å². The molecule has 3 N–H and O–H groups in total. The molecule has 0 unspecified atom stereocenters. The van der Waals surface area contributed by atoms with E-state index in [0.29, 0.717) is 18.6 Å². The Labute approximate surface area is 117 Å². The Hall–Kier alpha value is -1.33. The lowest BCUT2D eigenvalue weighted by Gasteiger charge is -2.22. The van der Waals surface area contributed by atoms with Crippen LogP contribution in [0.15, 0.2) is 18.2 Å². The topological polar surface area (TPSA) is 64.3 Å². The number of nitrogens with one attached hydrogen (secondary N) is 1. The van der Waals surface area contributed by atoms with Gasteiger partial charge in [0, 0.05) is 6.07 Å². The molecule has 1 amide bonds. The number of benzene rings is 1. The Morgan fingerprint density at radius 3 is 2.63 bits per heavy atom. The third-order valence-electron chi connectivity index (χ3n) is 3.37. The number of hydrogen-bond acceptors (Lipinski definition) is 3. The first kappa shape index (κ1) is 15.7. The second-order valence-corrected chi connectivity index (χ2v) is 4.66. The number of carbonyl (C=O) groups excluding carboxylic acids is 1. The second kappa shape index (κ2) is 6.21. The van der Waals surface area contributed by atoms with Crippen LogP contribution in [0, 0.1) is 5.82 Å². The van der Waals surface area contributed by atoms with E-state index in [0.717, 1.165) is 12.8 Å². The first-order valence-corrected chi connectivity index (χ1v) is 5.99. The van der Waals surface area contributed by atoms with Gasteiger partial charge in [0.05, 0.1) is 18.3 Å². The maximum absolute atomic E-state index is 13.6. The molecule has 19 heavy (non-hydrogen) atoms. The van der Waals surface area contributed by atoms with Crippen molar-refractivity contribution in [1.29, 1.82) is 0 Å². The predicted molar refractivity (Wildman–Crippen MR) is 74.2 cm³/mol. The maximum atomic E-state index is 13.6. The van der Waals surface area contributed by atoms with Crippen molar-refractivity contribution >= 4 is 24.0 Å². The zero-order chi connectivity index (χ0) is 13.2. The third kappa shape index (κ3) is 3.36. The fourth-order valence-electron chi connectivity index (χ4n) is 2.21.